The molecule has 0 aliphatic heterocycles. The zero-order chi connectivity index (χ0) is 25.4. The molecule has 0 atom stereocenters. The Balaban J connectivity index is 1.37. The van der Waals surface area contributed by atoms with Crippen LogP contribution in [0.5, 0.6) is 0 Å². The first-order valence-electron chi connectivity index (χ1n) is 10.8. The molecule has 1 aliphatic carbocycles. The van der Waals surface area contributed by atoms with Gasteiger partial charge in [-0.25, -0.2) is 12.8 Å². The molecule has 0 heterocycles. The van der Waals surface area contributed by atoms with Crippen LogP contribution < -0.4 is 10.0 Å². The number of sulfonamides is 1. The van der Waals surface area contributed by atoms with Crippen molar-refractivity contribution in [3.05, 3.63) is 125 Å². The molecule has 0 spiro atoms. The maximum Gasteiger partial charge on any atom is 0.261 e. The molecule has 36 heavy (non-hydrogen) atoms. The van der Waals surface area contributed by atoms with Crippen molar-refractivity contribution in [1.29, 1.82) is 0 Å². The molecule has 0 radical (unpaired) electrons. The van der Waals surface area contributed by atoms with E-state index in [0.29, 0.717) is 16.8 Å². The van der Waals surface area contributed by atoms with Gasteiger partial charge in [-0.2, -0.15) is 0 Å². The van der Waals surface area contributed by atoms with Crippen molar-refractivity contribution in [2.75, 3.05) is 10.0 Å². The van der Waals surface area contributed by atoms with Gasteiger partial charge in [0.25, 0.3) is 15.9 Å². The van der Waals surface area contributed by atoms with Crippen molar-refractivity contribution < 1.29 is 27.2 Å². The summed E-state index contributed by atoms with van der Waals surface area (Å²) in [6.45, 7) is 0. The van der Waals surface area contributed by atoms with Crippen LogP contribution in [0.2, 0.25) is 0 Å². The number of anilines is 2. The zero-order valence-corrected chi connectivity index (χ0v) is 19.3. The van der Waals surface area contributed by atoms with Crippen LogP contribution in [0.4, 0.5) is 15.8 Å². The number of hydrogen-bond acceptors (Lipinski definition) is 5. The molecule has 2 N–H and O–H groups in total. The minimum absolute atomic E-state index is 0.131. The number of fused-ring (bicyclic) bond motifs is 2. The summed E-state index contributed by atoms with van der Waals surface area (Å²) in [5, 5.41) is 2.67. The highest BCUT2D eigenvalue weighted by molar-refractivity contribution is 7.92. The van der Waals surface area contributed by atoms with E-state index in [9.17, 15) is 27.2 Å². The van der Waals surface area contributed by atoms with Crippen molar-refractivity contribution in [2.24, 2.45) is 0 Å². The second kappa shape index (κ2) is 8.86. The molecule has 1 aliphatic rings. The van der Waals surface area contributed by atoms with Crippen molar-refractivity contribution in [3.63, 3.8) is 0 Å². The molecule has 178 valence electrons. The van der Waals surface area contributed by atoms with Gasteiger partial charge < -0.3 is 5.32 Å². The highest BCUT2D eigenvalue weighted by Gasteiger charge is 2.29. The average Bonchev–Trinajstić information content (AvgIpc) is 2.87. The number of carbonyl (C=O) groups is 3. The van der Waals surface area contributed by atoms with E-state index < -0.39 is 21.7 Å². The maximum atomic E-state index is 13.1. The lowest BCUT2D eigenvalue weighted by Crippen LogP contribution is -2.21. The monoisotopic (exact) mass is 500 g/mol. The van der Waals surface area contributed by atoms with Crippen molar-refractivity contribution in [3.8, 4) is 0 Å². The predicted molar refractivity (Wildman–Crippen MR) is 131 cm³/mol. The van der Waals surface area contributed by atoms with Crippen LogP contribution in [0.1, 0.15) is 42.2 Å². The van der Waals surface area contributed by atoms with Gasteiger partial charge >= 0.3 is 0 Å². The summed E-state index contributed by atoms with van der Waals surface area (Å²) in [6, 6.07) is 21.2. The molecule has 5 rings (SSSR count). The summed E-state index contributed by atoms with van der Waals surface area (Å²) in [5.74, 6) is -1.69. The molecular formula is C27H17FN2O5S. The van der Waals surface area contributed by atoms with Crippen LogP contribution in [0.3, 0.4) is 0 Å². The number of benzene rings is 4. The number of hydrogen-bond donors (Lipinski definition) is 2. The Labute approximate surface area is 205 Å². The van der Waals surface area contributed by atoms with E-state index >= 15 is 0 Å². The fraction of sp³-hybridized carbons (Fsp3) is 0. The van der Waals surface area contributed by atoms with Gasteiger partial charge in [0.15, 0.2) is 11.6 Å². The van der Waals surface area contributed by atoms with E-state index in [0.717, 1.165) is 24.3 Å². The first-order valence-corrected chi connectivity index (χ1v) is 12.2. The molecule has 0 fully saturated rings. The molecule has 9 heteroatoms. The molecule has 4 aromatic carbocycles. The van der Waals surface area contributed by atoms with E-state index in [-0.39, 0.29) is 38.8 Å². The molecular weight excluding hydrogens is 483 g/mol. The summed E-state index contributed by atoms with van der Waals surface area (Å²) in [4.78, 5) is 38.4. The molecule has 1 amide bonds. The molecule has 7 nitrogen and oxygen atoms in total. The van der Waals surface area contributed by atoms with Gasteiger partial charge in [-0.05, 0) is 60.7 Å². The van der Waals surface area contributed by atoms with Crippen LogP contribution in [-0.2, 0) is 10.0 Å². The van der Waals surface area contributed by atoms with Crippen molar-refractivity contribution >= 4 is 38.9 Å². The number of nitrogens with one attached hydrogen (secondary N) is 2. The van der Waals surface area contributed by atoms with Crippen LogP contribution in [0, 0.1) is 5.82 Å². The lowest BCUT2D eigenvalue weighted by atomic mass is 9.84. The van der Waals surface area contributed by atoms with E-state index in [1.807, 2.05) is 0 Å². The Bertz CT molecular complexity index is 1660. The standard InChI is InChI=1S/C27H17FN2O5S/c28-17-8-11-20(12-9-17)36(34,35)30-19-5-3-4-16(14-19)27(33)29-18-10-13-23-24(15-18)26(32)22-7-2-1-6-21(22)25(23)31/h1-15,30H,(H,29,33). The van der Waals surface area contributed by atoms with Gasteiger partial charge in [0.1, 0.15) is 5.82 Å². The molecule has 0 saturated carbocycles. The van der Waals surface area contributed by atoms with Crippen molar-refractivity contribution in [2.45, 2.75) is 4.90 Å². The number of halogens is 1. The highest BCUT2D eigenvalue weighted by atomic mass is 32.2. The molecule has 0 unspecified atom stereocenters. The van der Waals surface area contributed by atoms with Crippen LogP contribution in [0.25, 0.3) is 0 Å². The summed E-state index contributed by atoms with van der Waals surface area (Å²) in [6.07, 6.45) is 0. The lowest BCUT2D eigenvalue weighted by molar-refractivity contribution is 0.0979. The second-order valence-corrected chi connectivity index (χ2v) is 9.74. The normalized spacial score (nSPS) is 12.5. The van der Waals surface area contributed by atoms with Crippen LogP contribution in [-0.4, -0.2) is 25.9 Å². The summed E-state index contributed by atoms with van der Waals surface area (Å²) in [7, 11) is -4.00. The predicted octanol–water partition coefficient (Wildman–Crippen LogP) is 4.65. The average molecular weight is 501 g/mol. The van der Waals surface area contributed by atoms with E-state index in [1.54, 1.807) is 24.3 Å². The van der Waals surface area contributed by atoms with Gasteiger partial charge in [0.2, 0.25) is 0 Å². The minimum Gasteiger partial charge on any atom is -0.322 e. The first-order chi connectivity index (χ1) is 17.2. The van der Waals surface area contributed by atoms with Gasteiger partial charge in [0.05, 0.1) is 4.90 Å². The smallest absolute Gasteiger partial charge is 0.261 e. The lowest BCUT2D eigenvalue weighted by Gasteiger charge is -2.18. The second-order valence-electron chi connectivity index (χ2n) is 8.06. The highest BCUT2D eigenvalue weighted by Crippen LogP contribution is 2.29. The Hall–Kier alpha value is -4.63. The van der Waals surface area contributed by atoms with E-state index in [2.05, 4.69) is 10.0 Å². The van der Waals surface area contributed by atoms with Crippen LogP contribution >= 0.6 is 0 Å². The Kier molecular flexibility index (Phi) is 5.69. The van der Waals surface area contributed by atoms with E-state index in [1.165, 1.54) is 42.5 Å². The Morgan fingerprint density at radius 2 is 1.31 bits per heavy atom. The largest absolute Gasteiger partial charge is 0.322 e. The molecule has 4 aromatic rings. The Morgan fingerprint density at radius 1 is 0.667 bits per heavy atom. The van der Waals surface area contributed by atoms with E-state index in [4.69, 9.17) is 0 Å². The minimum atomic E-state index is -4.00. The SMILES string of the molecule is O=C(Nc1ccc2c(c1)C(=O)c1ccccc1C2=O)c1cccc(NS(=O)(=O)c2ccc(F)cc2)c1. The van der Waals surface area contributed by atoms with Gasteiger partial charge in [0, 0.05) is 39.2 Å². The molecule has 0 aromatic heterocycles. The van der Waals surface area contributed by atoms with Crippen molar-refractivity contribution in [1.82, 2.24) is 0 Å². The Morgan fingerprint density at radius 3 is 2.00 bits per heavy atom. The number of carbonyl (C=O) groups excluding carboxylic acids is 3. The third-order valence-corrected chi connectivity index (χ3v) is 7.08. The number of ketones is 2. The third kappa shape index (κ3) is 4.27. The summed E-state index contributed by atoms with van der Waals surface area (Å²) >= 11 is 0. The molecule has 0 bridgehead atoms. The summed E-state index contributed by atoms with van der Waals surface area (Å²) in [5.41, 5.74) is 1.68. The first kappa shape index (κ1) is 23.1. The molecule has 0 saturated heterocycles. The zero-order valence-electron chi connectivity index (χ0n) is 18.5. The topological polar surface area (TPSA) is 109 Å². The van der Waals surface area contributed by atoms with Crippen LogP contribution in [0.15, 0.2) is 95.9 Å². The van der Waals surface area contributed by atoms with Gasteiger partial charge in [-0.1, -0.05) is 30.3 Å². The fourth-order valence-electron chi connectivity index (χ4n) is 3.93. The van der Waals surface area contributed by atoms with Gasteiger partial charge in [-0.3, -0.25) is 19.1 Å². The van der Waals surface area contributed by atoms with Gasteiger partial charge in [-0.15, -0.1) is 0 Å². The maximum absolute atomic E-state index is 13.1. The number of amides is 1. The summed E-state index contributed by atoms with van der Waals surface area (Å²) < 4.78 is 40.6. The third-order valence-electron chi connectivity index (χ3n) is 5.68. The number of rotatable bonds is 5. The fourth-order valence-corrected chi connectivity index (χ4v) is 4.98. The quantitative estimate of drug-likeness (QED) is 0.365.